The van der Waals surface area contributed by atoms with Crippen molar-refractivity contribution in [3.63, 3.8) is 0 Å². The normalized spacial score (nSPS) is 20.3. The highest BCUT2D eigenvalue weighted by Gasteiger charge is 2.41. The lowest BCUT2D eigenvalue weighted by atomic mass is 9.85. The lowest BCUT2D eigenvalue weighted by Crippen LogP contribution is -2.45. The quantitative estimate of drug-likeness (QED) is 0.731. The van der Waals surface area contributed by atoms with E-state index in [0.717, 1.165) is 5.56 Å². The van der Waals surface area contributed by atoms with Crippen LogP contribution in [0.1, 0.15) is 58.2 Å². The summed E-state index contributed by atoms with van der Waals surface area (Å²) in [4.78, 5) is 31.6. The van der Waals surface area contributed by atoms with E-state index in [-0.39, 0.29) is 17.9 Å². The molecule has 0 aliphatic carbocycles. The number of rotatable bonds is 3. The topological polar surface area (TPSA) is 59.0 Å². The summed E-state index contributed by atoms with van der Waals surface area (Å²) in [5.74, 6) is 0.295. The van der Waals surface area contributed by atoms with Crippen molar-refractivity contribution in [2.75, 3.05) is 12.4 Å². The minimum atomic E-state index is -0.495. The average molecular weight is 387 g/mol. The van der Waals surface area contributed by atoms with E-state index in [1.807, 2.05) is 19.1 Å². The number of carbonyl (C=O) groups excluding carboxylic acids is 2. The highest BCUT2D eigenvalue weighted by Crippen LogP contribution is 2.40. The Morgan fingerprint density at radius 2 is 1.96 bits per heavy atom. The van der Waals surface area contributed by atoms with E-state index in [1.54, 1.807) is 23.6 Å². The van der Waals surface area contributed by atoms with Crippen molar-refractivity contribution in [1.29, 1.82) is 0 Å². The van der Waals surface area contributed by atoms with Crippen molar-refractivity contribution in [2.24, 2.45) is 4.99 Å². The van der Waals surface area contributed by atoms with Crippen LogP contribution in [-0.4, -0.2) is 34.3 Å². The molecule has 1 aromatic rings. The van der Waals surface area contributed by atoms with Crippen LogP contribution in [0.4, 0.5) is 0 Å². The van der Waals surface area contributed by atoms with E-state index in [9.17, 15) is 9.59 Å². The number of nitrogens with zero attached hydrogens (tertiary/aromatic N) is 2. The number of allylic oxidation sites excluding steroid dienone is 1. The molecule has 6 heteroatoms. The van der Waals surface area contributed by atoms with Gasteiger partial charge < -0.3 is 4.74 Å². The smallest absolute Gasteiger partial charge is 0.338 e. The second kappa shape index (κ2) is 7.50. The fourth-order valence-corrected chi connectivity index (χ4v) is 4.35. The van der Waals surface area contributed by atoms with Gasteiger partial charge in [-0.05, 0) is 30.4 Å². The first-order valence-electron chi connectivity index (χ1n) is 9.26. The van der Waals surface area contributed by atoms with Crippen LogP contribution in [0.5, 0.6) is 0 Å². The first-order chi connectivity index (χ1) is 12.7. The van der Waals surface area contributed by atoms with Crippen molar-refractivity contribution < 1.29 is 14.3 Å². The number of hydrogen-bond donors (Lipinski definition) is 0. The molecule has 27 heavy (non-hydrogen) atoms. The molecular weight excluding hydrogens is 360 g/mol. The summed E-state index contributed by atoms with van der Waals surface area (Å²) >= 11 is 1.56. The van der Waals surface area contributed by atoms with Gasteiger partial charge in [0.25, 0.3) is 0 Å². The Bertz CT molecular complexity index is 819. The van der Waals surface area contributed by atoms with Crippen LogP contribution in [0, 0.1) is 0 Å². The number of carbonyl (C=O) groups is 2. The fourth-order valence-electron chi connectivity index (χ4n) is 3.35. The molecule has 0 aromatic heterocycles. The van der Waals surface area contributed by atoms with Gasteiger partial charge >= 0.3 is 5.97 Å². The first-order valence-corrected chi connectivity index (χ1v) is 10.2. The fraction of sp³-hybridized carbons (Fsp3) is 0.476. The number of esters is 1. The largest absolute Gasteiger partial charge is 0.463 e. The minimum absolute atomic E-state index is 0.00769. The Morgan fingerprint density at radius 3 is 2.56 bits per heavy atom. The predicted octanol–water partition coefficient (Wildman–Crippen LogP) is 4.20. The maximum atomic E-state index is 12.7. The Labute approximate surface area is 164 Å². The third-order valence-corrected chi connectivity index (χ3v) is 5.75. The van der Waals surface area contributed by atoms with Gasteiger partial charge in [0, 0.05) is 12.2 Å². The van der Waals surface area contributed by atoms with Gasteiger partial charge in [0.2, 0.25) is 5.91 Å². The lowest BCUT2D eigenvalue weighted by molar-refractivity contribution is -0.139. The molecule has 0 N–H and O–H groups in total. The lowest BCUT2D eigenvalue weighted by Gasteiger charge is -2.39. The van der Waals surface area contributed by atoms with E-state index in [1.165, 1.54) is 5.56 Å². The number of amides is 1. The molecule has 0 saturated carbocycles. The van der Waals surface area contributed by atoms with Crippen LogP contribution < -0.4 is 0 Å². The molecule has 1 atom stereocenters. The molecule has 1 aromatic carbocycles. The molecule has 0 radical (unpaired) electrons. The average Bonchev–Trinajstić information content (AvgIpc) is 2.60. The van der Waals surface area contributed by atoms with Crippen LogP contribution in [0.15, 0.2) is 40.5 Å². The molecule has 1 saturated heterocycles. The second-order valence-corrected chi connectivity index (χ2v) is 8.81. The molecule has 2 heterocycles. The molecule has 1 fully saturated rings. The molecule has 0 unspecified atom stereocenters. The standard InChI is InChI=1S/C21H26N2O3S/c1-6-26-19(25)17-13(2)22-20-23(16(24)11-12-27-20)18(17)14-7-9-15(10-8-14)21(3,4)5/h7-10,18H,6,11-12H2,1-5H3/t18-/m1/s1. The van der Waals surface area contributed by atoms with Gasteiger partial charge in [-0.3, -0.25) is 9.69 Å². The van der Waals surface area contributed by atoms with E-state index >= 15 is 0 Å². The van der Waals surface area contributed by atoms with Gasteiger partial charge in [0.15, 0.2) is 5.17 Å². The third-order valence-electron chi connectivity index (χ3n) is 4.79. The zero-order valence-electron chi connectivity index (χ0n) is 16.5. The van der Waals surface area contributed by atoms with E-state index in [0.29, 0.717) is 28.6 Å². The van der Waals surface area contributed by atoms with Crippen molar-refractivity contribution in [3.8, 4) is 0 Å². The number of aliphatic imine (C=N–C) groups is 1. The molecular formula is C21H26N2O3S. The predicted molar refractivity (Wildman–Crippen MR) is 109 cm³/mol. The molecule has 3 rings (SSSR count). The molecule has 5 nitrogen and oxygen atoms in total. The minimum Gasteiger partial charge on any atom is -0.463 e. The van der Waals surface area contributed by atoms with Crippen molar-refractivity contribution in [3.05, 3.63) is 46.7 Å². The van der Waals surface area contributed by atoms with Gasteiger partial charge in [-0.2, -0.15) is 0 Å². The van der Waals surface area contributed by atoms with Crippen molar-refractivity contribution >= 4 is 28.8 Å². The van der Waals surface area contributed by atoms with Crippen LogP contribution in [0.25, 0.3) is 0 Å². The van der Waals surface area contributed by atoms with E-state index in [4.69, 9.17) is 4.74 Å². The van der Waals surface area contributed by atoms with E-state index < -0.39 is 12.0 Å². The zero-order chi connectivity index (χ0) is 19.8. The highest BCUT2D eigenvalue weighted by molar-refractivity contribution is 8.14. The Hall–Kier alpha value is -2.08. The van der Waals surface area contributed by atoms with Gasteiger partial charge in [-0.15, -0.1) is 0 Å². The van der Waals surface area contributed by atoms with Crippen LogP contribution in [0.3, 0.4) is 0 Å². The second-order valence-electron chi connectivity index (χ2n) is 7.75. The summed E-state index contributed by atoms with van der Waals surface area (Å²) < 4.78 is 5.29. The van der Waals surface area contributed by atoms with Gasteiger partial charge in [-0.1, -0.05) is 56.8 Å². The van der Waals surface area contributed by atoms with Crippen molar-refractivity contribution in [1.82, 2.24) is 4.90 Å². The summed E-state index contributed by atoms with van der Waals surface area (Å²) in [7, 11) is 0. The van der Waals surface area contributed by atoms with Gasteiger partial charge in [0.1, 0.15) is 0 Å². The van der Waals surface area contributed by atoms with Crippen LogP contribution in [-0.2, 0) is 19.7 Å². The summed E-state index contributed by atoms with van der Waals surface area (Å²) in [6, 6.07) is 7.66. The summed E-state index contributed by atoms with van der Waals surface area (Å²) in [6.45, 7) is 10.3. The Balaban J connectivity index is 2.11. The zero-order valence-corrected chi connectivity index (χ0v) is 17.4. The number of amidine groups is 1. The summed E-state index contributed by atoms with van der Waals surface area (Å²) in [5.41, 5.74) is 3.19. The molecule has 0 bridgehead atoms. The van der Waals surface area contributed by atoms with Gasteiger partial charge in [-0.25, -0.2) is 9.79 Å². The number of hydrogen-bond acceptors (Lipinski definition) is 5. The third kappa shape index (κ3) is 3.81. The molecule has 144 valence electrons. The summed E-state index contributed by atoms with van der Waals surface area (Å²) in [5, 5.41) is 0.668. The van der Waals surface area contributed by atoms with Crippen LogP contribution in [0.2, 0.25) is 0 Å². The Kier molecular flexibility index (Phi) is 5.47. The number of benzene rings is 1. The van der Waals surface area contributed by atoms with Crippen molar-refractivity contribution in [2.45, 2.75) is 52.5 Å². The first kappa shape index (κ1) is 19.7. The molecule has 2 aliphatic heterocycles. The number of thioether (sulfide) groups is 1. The Morgan fingerprint density at radius 1 is 1.30 bits per heavy atom. The maximum absolute atomic E-state index is 12.7. The maximum Gasteiger partial charge on any atom is 0.338 e. The van der Waals surface area contributed by atoms with Crippen LogP contribution >= 0.6 is 11.8 Å². The summed E-state index contributed by atoms with van der Waals surface area (Å²) in [6.07, 6.45) is 0.440. The molecule has 2 aliphatic rings. The highest BCUT2D eigenvalue weighted by atomic mass is 32.2. The SMILES string of the molecule is CCOC(=O)C1=C(C)N=C2SCCC(=O)N2[C@@H]1c1ccc(C(C)(C)C)cc1. The van der Waals surface area contributed by atoms with Gasteiger partial charge in [0.05, 0.1) is 23.9 Å². The molecule has 0 spiro atoms. The number of ether oxygens (including phenoxy) is 1. The monoisotopic (exact) mass is 386 g/mol. The van der Waals surface area contributed by atoms with E-state index in [2.05, 4.69) is 37.9 Å². The number of fused-ring (bicyclic) bond motifs is 1. The molecule has 1 amide bonds.